The summed E-state index contributed by atoms with van der Waals surface area (Å²) in [6, 6.07) is 4.06. The molecule has 0 unspecified atom stereocenters. The van der Waals surface area contributed by atoms with E-state index in [1.165, 1.54) is 5.56 Å². The van der Waals surface area contributed by atoms with E-state index < -0.39 is 0 Å². The summed E-state index contributed by atoms with van der Waals surface area (Å²) >= 11 is 0. The summed E-state index contributed by atoms with van der Waals surface area (Å²) in [5.74, 6) is 0.0792. The van der Waals surface area contributed by atoms with E-state index in [-0.39, 0.29) is 5.91 Å². The topological polar surface area (TPSA) is 52.2 Å². The Morgan fingerprint density at radius 2 is 1.91 bits per heavy atom. The Hall–Kier alpha value is -2.14. The van der Waals surface area contributed by atoms with Crippen LogP contribution in [0.4, 0.5) is 0 Å². The van der Waals surface area contributed by atoms with Crippen LogP contribution in [0.1, 0.15) is 27.9 Å². The van der Waals surface area contributed by atoms with Crippen molar-refractivity contribution in [1.29, 1.82) is 0 Å². The van der Waals surface area contributed by atoms with Gasteiger partial charge in [-0.15, -0.1) is 0 Å². The highest BCUT2D eigenvalue weighted by atomic mass is 16.2. The molecule has 0 aliphatic rings. The quantitative estimate of drug-likeness (QED) is 0.853. The van der Waals surface area contributed by atoms with Gasteiger partial charge in [-0.2, -0.15) is 0 Å². The smallest absolute Gasteiger partial charge is 0.255 e. The number of nitrogens with one attached hydrogen (secondary N) is 1. The zero-order chi connectivity index (χ0) is 15.9. The van der Waals surface area contributed by atoms with Crippen LogP contribution in [0.3, 0.4) is 0 Å². The number of aromatic nitrogens is 2. The maximum absolute atomic E-state index is 12.3. The highest BCUT2D eigenvalue weighted by Crippen LogP contribution is 2.09. The largest absolute Gasteiger partial charge is 0.367 e. The van der Waals surface area contributed by atoms with Crippen molar-refractivity contribution in [3.8, 4) is 0 Å². The molecule has 5 heteroatoms. The lowest BCUT2D eigenvalue weighted by atomic mass is 10.2. The van der Waals surface area contributed by atoms with Gasteiger partial charge in [-0.25, -0.2) is 0 Å². The van der Waals surface area contributed by atoms with Crippen LogP contribution >= 0.6 is 0 Å². The van der Waals surface area contributed by atoms with E-state index in [1.807, 2.05) is 44.7 Å². The average molecular weight is 300 g/mol. The number of hydrogen-bond acceptors (Lipinski definition) is 3. The molecule has 0 aliphatic heterocycles. The second-order valence-corrected chi connectivity index (χ2v) is 5.73. The summed E-state index contributed by atoms with van der Waals surface area (Å²) in [7, 11) is 3.95. The van der Waals surface area contributed by atoms with Crippen molar-refractivity contribution >= 4 is 5.91 Å². The first kappa shape index (κ1) is 16.2. The van der Waals surface area contributed by atoms with Gasteiger partial charge in [0, 0.05) is 44.9 Å². The molecule has 0 aromatic carbocycles. The molecule has 0 aliphatic carbocycles. The van der Waals surface area contributed by atoms with Crippen molar-refractivity contribution in [3.05, 3.63) is 53.6 Å². The van der Waals surface area contributed by atoms with Crippen LogP contribution in [0.25, 0.3) is 0 Å². The molecule has 1 amide bonds. The number of carbonyl (C=O) groups excluding carboxylic acids is 1. The molecule has 118 valence electrons. The second kappa shape index (κ2) is 7.75. The van der Waals surface area contributed by atoms with Gasteiger partial charge in [0.05, 0.1) is 5.56 Å². The van der Waals surface area contributed by atoms with Crippen molar-refractivity contribution < 1.29 is 4.79 Å². The summed E-state index contributed by atoms with van der Waals surface area (Å²) in [6.45, 7) is 4.55. The fraction of sp³-hybridized carbons (Fsp3) is 0.412. The lowest BCUT2D eigenvalue weighted by molar-refractivity contribution is 0.0789. The van der Waals surface area contributed by atoms with Crippen LogP contribution in [-0.2, 0) is 6.54 Å². The first-order valence-corrected chi connectivity index (χ1v) is 7.54. The van der Waals surface area contributed by atoms with Gasteiger partial charge in [-0.3, -0.25) is 9.78 Å². The van der Waals surface area contributed by atoms with Gasteiger partial charge < -0.3 is 14.8 Å². The Bertz CT molecular complexity index is 594. The number of aryl methyl sites for hydroxylation is 1. The van der Waals surface area contributed by atoms with Gasteiger partial charge in [-0.05, 0) is 50.2 Å². The Labute approximate surface area is 132 Å². The van der Waals surface area contributed by atoms with Crippen molar-refractivity contribution in [3.63, 3.8) is 0 Å². The fourth-order valence-corrected chi connectivity index (χ4v) is 2.44. The number of H-pyrrole nitrogens is 1. The molecule has 0 radical (unpaired) electrons. The summed E-state index contributed by atoms with van der Waals surface area (Å²) in [5.41, 5.74) is 3.00. The molecular formula is C17H24N4O. The highest BCUT2D eigenvalue weighted by molar-refractivity contribution is 5.95. The van der Waals surface area contributed by atoms with E-state index in [0.717, 1.165) is 37.2 Å². The minimum atomic E-state index is 0.0792. The third-order valence-corrected chi connectivity index (χ3v) is 3.76. The van der Waals surface area contributed by atoms with Gasteiger partial charge in [0.25, 0.3) is 5.91 Å². The van der Waals surface area contributed by atoms with E-state index in [2.05, 4.69) is 21.9 Å². The molecule has 22 heavy (non-hydrogen) atoms. The highest BCUT2D eigenvalue weighted by Gasteiger charge is 2.14. The molecule has 5 nitrogen and oxygen atoms in total. The van der Waals surface area contributed by atoms with Crippen LogP contribution in [0, 0.1) is 6.92 Å². The summed E-state index contributed by atoms with van der Waals surface area (Å²) < 4.78 is 0. The number of aromatic amines is 1. The Morgan fingerprint density at radius 3 is 2.55 bits per heavy atom. The van der Waals surface area contributed by atoms with E-state index in [9.17, 15) is 4.79 Å². The number of carbonyl (C=O) groups is 1. The van der Waals surface area contributed by atoms with Gasteiger partial charge in [0.2, 0.25) is 0 Å². The van der Waals surface area contributed by atoms with Crippen molar-refractivity contribution in [2.75, 3.05) is 27.2 Å². The maximum atomic E-state index is 12.3. The standard InChI is InChI=1S/C17H24N4O/c1-14-11-19-12-16(14)17(22)21(3)10-4-9-20(2)13-15-5-7-18-8-6-15/h5-8,11-12,19H,4,9-10,13H2,1-3H3. The van der Waals surface area contributed by atoms with E-state index >= 15 is 0 Å². The van der Waals surface area contributed by atoms with Crippen LogP contribution in [0.5, 0.6) is 0 Å². The summed E-state index contributed by atoms with van der Waals surface area (Å²) in [4.78, 5) is 23.3. The Morgan fingerprint density at radius 1 is 1.18 bits per heavy atom. The SMILES string of the molecule is Cc1c[nH]cc1C(=O)N(C)CCCN(C)Cc1ccncc1. The Balaban J connectivity index is 1.74. The van der Waals surface area contributed by atoms with E-state index in [1.54, 1.807) is 11.1 Å². The lowest BCUT2D eigenvalue weighted by Gasteiger charge is -2.20. The number of rotatable bonds is 7. The third kappa shape index (κ3) is 4.43. The van der Waals surface area contributed by atoms with Gasteiger partial charge in [0.15, 0.2) is 0 Å². The average Bonchev–Trinajstić information content (AvgIpc) is 2.93. The second-order valence-electron chi connectivity index (χ2n) is 5.73. The maximum Gasteiger partial charge on any atom is 0.255 e. The molecule has 0 fully saturated rings. The number of pyridine rings is 1. The first-order valence-electron chi connectivity index (χ1n) is 7.54. The van der Waals surface area contributed by atoms with Crippen LogP contribution < -0.4 is 0 Å². The van der Waals surface area contributed by atoms with Gasteiger partial charge >= 0.3 is 0 Å². The minimum Gasteiger partial charge on any atom is -0.367 e. The molecular weight excluding hydrogens is 276 g/mol. The van der Waals surface area contributed by atoms with Gasteiger partial charge in [0.1, 0.15) is 0 Å². The van der Waals surface area contributed by atoms with E-state index in [0.29, 0.717) is 0 Å². The fourth-order valence-electron chi connectivity index (χ4n) is 2.44. The van der Waals surface area contributed by atoms with Crippen LogP contribution in [-0.4, -0.2) is 52.9 Å². The molecule has 0 spiro atoms. The molecule has 0 saturated heterocycles. The minimum absolute atomic E-state index is 0.0792. The molecule has 2 aromatic heterocycles. The molecule has 2 rings (SSSR count). The van der Waals surface area contributed by atoms with Gasteiger partial charge in [-0.1, -0.05) is 0 Å². The number of amides is 1. The van der Waals surface area contributed by atoms with E-state index in [4.69, 9.17) is 0 Å². The number of hydrogen-bond donors (Lipinski definition) is 1. The predicted octanol–water partition coefficient (Wildman–Crippen LogP) is 2.31. The predicted molar refractivity (Wildman–Crippen MR) is 87.7 cm³/mol. The summed E-state index contributed by atoms with van der Waals surface area (Å²) in [6.07, 6.45) is 8.20. The zero-order valence-electron chi connectivity index (χ0n) is 13.5. The molecule has 2 aromatic rings. The number of nitrogens with zero attached hydrogens (tertiary/aromatic N) is 3. The normalized spacial score (nSPS) is 10.9. The Kier molecular flexibility index (Phi) is 5.72. The molecule has 0 saturated carbocycles. The lowest BCUT2D eigenvalue weighted by Crippen LogP contribution is -2.30. The molecule has 2 heterocycles. The first-order chi connectivity index (χ1) is 10.6. The van der Waals surface area contributed by atoms with Crippen LogP contribution in [0.2, 0.25) is 0 Å². The van der Waals surface area contributed by atoms with Crippen molar-refractivity contribution in [2.24, 2.45) is 0 Å². The van der Waals surface area contributed by atoms with Crippen LogP contribution in [0.15, 0.2) is 36.9 Å². The van der Waals surface area contributed by atoms with Crippen molar-refractivity contribution in [2.45, 2.75) is 19.9 Å². The summed E-state index contributed by atoms with van der Waals surface area (Å²) in [5, 5.41) is 0. The third-order valence-electron chi connectivity index (χ3n) is 3.76. The molecule has 0 bridgehead atoms. The van der Waals surface area contributed by atoms with Crippen molar-refractivity contribution in [1.82, 2.24) is 19.8 Å². The molecule has 1 N–H and O–H groups in total. The monoisotopic (exact) mass is 300 g/mol. The molecule has 0 atom stereocenters. The zero-order valence-corrected chi connectivity index (χ0v) is 13.5.